The van der Waals surface area contributed by atoms with E-state index in [1.54, 1.807) is 0 Å². The van der Waals surface area contributed by atoms with Gasteiger partial charge in [-0.1, -0.05) is 48.3 Å². The van der Waals surface area contributed by atoms with Crippen LogP contribution in [-0.4, -0.2) is 35.5 Å². The van der Waals surface area contributed by atoms with Crippen LogP contribution in [0.15, 0.2) is 47.4 Å². The zero-order chi connectivity index (χ0) is 24.7. The molecule has 1 heterocycles. The minimum Gasteiger partial charge on any atom is -0.480 e. The molecule has 0 aliphatic rings. The summed E-state index contributed by atoms with van der Waals surface area (Å²) in [5.74, 6) is -1.49. The van der Waals surface area contributed by atoms with Crippen molar-refractivity contribution in [1.29, 1.82) is 0 Å². The maximum Gasteiger partial charge on any atom is 0.433 e. The van der Waals surface area contributed by atoms with E-state index in [9.17, 15) is 31.5 Å². The van der Waals surface area contributed by atoms with Crippen LogP contribution < -0.4 is 0 Å². The minimum atomic E-state index is -4.99. The Bertz CT molecular complexity index is 1320. The second-order valence-electron chi connectivity index (χ2n) is 7.20. The van der Waals surface area contributed by atoms with Crippen LogP contribution in [0.4, 0.5) is 13.2 Å². The number of rotatable bonds is 6. The van der Waals surface area contributed by atoms with Gasteiger partial charge in [0.2, 0.25) is 0 Å². The van der Waals surface area contributed by atoms with Gasteiger partial charge in [0.15, 0.2) is 15.5 Å². The van der Waals surface area contributed by atoms with Gasteiger partial charge in [-0.15, -0.1) is 0 Å². The van der Waals surface area contributed by atoms with Gasteiger partial charge in [-0.25, -0.2) is 17.9 Å². The van der Waals surface area contributed by atoms with Crippen molar-refractivity contribution in [2.45, 2.75) is 30.5 Å². The number of carboxylic acid groups (broad SMARTS) is 1. The Morgan fingerprint density at radius 1 is 1.15 bits per heavy atom. The second kappa shape index (κ2) is 9.00. The second-order valence-corrected chi connectivity index (χ2v) is 10.1. The van der Waals surface area contributed by atoms with Gasteiger partial charge < -0.3 is 5.11 Å². The van der Waals surface area contributed by atoms with Crippen LogP contribution in [-0.2, 0) is 20.8 Å². The third-order valence-corrected chi connectivity index (χ3v) is 6.58. The number of halogens is 5. The lowest BCUT2D eigenvalue weighted by atomic mass is 9.98. The molecule has 0 amide bonds. The van der Waals surface area contributed by atoms with Crippen molar-refractivity contribution in [2.24, 2.45) is 0 Å². The summed E-state index contributed by atoms with van der Waals surface area (Å²) in [6.07, 6.45) is -4.16. The number of hydrogen-bond donors (Lipinski definition) is 1. The van der Waals surface area contributed by atoms with Crippen LogP contribution in [0.2, 0.25) is 10.0 Å². The van der Waals surface area contributed by atoms with Gasteiger partial charge in [-0.2, -0.15) is 18.3 Å². The summed E-state index contributed by atoms with van der Waals surface area (Å²) in [5, 5.41) is 13.7. The first kappa shape index (κ1) is 25.1. The summed E-state index contributed by atoms with van der Waals surface area (Å²) in [6, 6.07) is 7.38. The first-order chi connectivity index (χ1) is 15.3. The lowest BCUT2D eigenvalue weighted by Gasteiger charge is -2.17. The molecule has 0 saturated carbocycles. The molecule has 0 radical (unpaired) electrons. The fourth-order valence-electron chi connectivity index (χ4n) is 3.39. The predicted molar refractivity (Wildman–Crippen MR) is 118 cm³/mol. The van der Waals surface area contributed by atoms with Crippen LogP contribution >= 0.6 is 23.2 Å². The molecule has 0 fully saturated rings. The molecular weight excluding hydrogens is 504 g/mol. The van der Waals surface area contributed by atoms with Crippen molar-refractivity contribution in [3.8, 4) is 22.4 Å². The normalized spacial score (nSPS) is 13.2. The standard InChI is InChI=1S/C21H17Cl2F3N2O4S/c1-3-16(20(29)30)28-19(21(24,25)26)17(14-9-6-12(22)10-15(14)23)18(27-28)11-4-7-13(8-5-11)33(2,31)32/h4-10,16H,3H2,1-2H3,(H,29,30). The number of aliphatic carboxylic acids is 1. The molecule has 0 bridgehead atoms. The summed E-state index contributed by atoms with van der Waals surface area (Å²) >= 11 is 12.1. The van der Waals surface area contributed by atoms with E-state index in [0.29, 0.717) is 4.68 Å². The molecule has 0 saturated heterocycles. The summed E-state index contributed by atoms with van der Waals surface area (Å²) in [7, 11) is -3.55. The summed E-state index contributed by atoms with van der Waals surface area (Å²) in [4.78, 5) is 11.7. The highest BCUT2D eigenvalue weighted by Gasteiger charge is 2.43. The topological polar surface area (TPSA) is 89.3 Å². The first-order valence-corrected chi connectivity index (χ1v) is 12.1. The smallest absolute Gasteiger partial charge is 0.433 e. The van der Waals surface area contributed by atoms with Crippen molar-refractivity contribution in [2.75, 3.05) is 6.26 Å². The zero-order valence-corrected chi connectivity index (χ0v) is 19.5. The van der Waals surface area contributed by atoms with Crippen molar-refractivity contribution < 1.29 is 31.5 Å². The molecule has 0 spiro atoms. The molecule has 1 atom stereocenters. The lowest BCUT2D eigenvalue weighted by molar-refractivity contribution is -0.149. The number of alkyl halides is 3. The number of carbonyl (C=O) groups is 1. The Hall–Kier alpha value is -2.56. The third kappa shape index (κ3) is 5.02. The number of hydrogen-bond acceptors (Lipinski definition) is 4. The zero-order valence-electron chi connectivity index (χ0n) is 17.2. The van der Waals surface area contributed by atoms with Gasteiger partial charge in [0.25, 0.3) is 0 Å². The maximum absolute atomic E-state index is 14.3. The molecule has 1 N–H and O–H groups in total. The van der Waals surface area contributed by atoms with Crippen LogP contribution in [0.25, 0.3) is 22.4 Å². The highest BCUT2D eigenvalue weighted by Crippen LogP contribution is 2.46. The molecule has 0 aliphatic carbocycles. The van der Waals surface area contributed by atoms with Crippen LogP contribution in [0, 0.1) is 0 Å². The average Bonchev–Trinajstić information content (AvgIpc) is 3.08. The highest BCUT2D eigenvalue weighted by molar-refractivity contribution is 7.90. The van der Waals surface area contributed by atoms with Gasteiger partial charge >= 0.3 is 12.1 Å². The Labute approximate surface area is 197 Å². The number of benzene rings is 2. The fraction of sp³-hybridized carbons (Fsp3) is 0.238. The van der Waals surface area contributed by atoms with E-state index >= 15 is 0 Å². The Balaban J connectivity index is 2.43. The third-order valence-electron chi connectivity index (χ3n) is 4.90. The van der Waals surface area contributed by atoms with Gasteiger partial charge in [0.1, 0.15) is 11.7 Å². The molecule has 2 aromatic carbocycles. The molecule has 6 nitrogen and oxygen atoms in total. The van der Waals surface area contributed by atoms with E-state index < -0.39 is 39.3 Å². The number of aromatic nitrogens is 2. The minimum absolute atomic E-state index is 0.0372. The summed E-state index contributed by atoms with van der Waals surface area (Å²) < 4.78 is 66.9. The molecule has 33 heavy (non-hydrogen) atoms. The Kier molecular flexibility index (Phi) is 6.84. The van der Waals surface area contributed by atoms with Gasteiger partial charge in [0.05, 0.1) is 9.92 Å². The van der Waals surface area contributed by atoms with Gasteiger partial charge in [-0.05, 0) is 30.7 Å². The van der Waals surface area contributed by atoms with Gasteiger partial charge in [0, 0.05) is 28.0 Å². The van der Waals surface area contributed by atoms with Crippen LogP contribution in [0.1, 0.15) is 25.1 Å². The van der Waals surface area contributed by atoms with Gasteiger partial charge in [-0.3, -0.25) is 0 Å². The highest BCUT2D eigenvalue weighted by atomic mass is 35.5. The number of sulfone groups is 1. The Morgan fingerprint density at radius 3 is 2.21 bits per heavy atom. The van der Waals surface area contributed by atoms with Crippen LogP contribution in [0.5, 0.6) is 0 Å². The largest absolute Gasteiger partial charge is 0.480 e. The quantitative estimate of drug-likeness (QED) is 0.431. The van der Waals surface area contributed by atoms with E-state index in [4.69, 9.17) is 23.2 Å². The van der Waals surface area contributed by atoms with E-state index in [0.717, 1.165) is 6.26 Å². The maximum atomic E-state index is 14.3. The molecule has 0 aliphatic heterocycles. The summed E-state index contributed by atoms with van der Waals surface area (Å²) in [5.41, 5.74) is -1.83. The molecule has 1 aromatic heterocycles. The SMILES string of the molecule is CCC(C(=O)O)n1nc(-c2ccc(S(C)(=O)=O)cc2)c(-c2ccc(Cl)cc2Cl)c1C(F)(F)F. The molecule has 12 heteroatoms. The first-order valence-electron chi connectivity index (χ1n) is 9.44. The van der Waals surface area contributed by atoms with E-state index in [2.05, 4.69) is 5.10 Å². The lowest BCUT2D eigenvalue weighted by Crippen LogP contribution is -2.25. The number of carboxylic acids is 1. The average molecular weight is 521 g/mol. The van der Waals surface area contributed by atoms with E-state index in [-0.39, 0.29) is 38.2 Å². The molecule has 1 unspecified atom stereocenters. The molecule has 3 rings (SSSR count). The Morgan fingerprint density at radius 2 is 1.76 bits per heavy atom. The van der Waals surface area contributed by atoms with Crippen LogP contribution in [0.3, 0.4) is 0 Å². The van der Waals surface area contributed by atoms with Crippen molar-refractivity contribution in [3.63, 3.8) is 0 Å². The van der Waals surface area contributed by atoms with Crippen molar-refractivity contribution in [1.82, 2.24) is 9.78 Å². The molecule has 3 aromatic rings. The monoisotopic (exact) mass is 520 g/mol. The molecular formula is C21H17Cl2F3N2O4S. The number of nitrogens with zero attached hydrogens (tertiary/aromatic N) is 2. The summed E-state index contributed by atoms with van der Waals surface area (Å²) in [6.45, 7) is 1.43. The van der Waals surface area contributed by atoms with Crippen molar-refractivity contribution >= 4 is 39.0 Å². The predicted octanol–water partition coefficient (Wildman–Crippen LogP) is 5.98. The van der Waals surface area contributed by atoms with E-state index in [1.807, 2.05) is 0 Å². The molecule has 176 valence electrons. The fourth-order valence-corrected chi connectivity index (χ4v) is 4.53. The van der Waals surface area contributed by atoms with E-state index in [1.165, 1.54) is 49.4 Å². The van der Waals surface area contributed by atoms with Crippen molar-refractivity contribution in [3.05, 3.63) is 58.2 Å².